The number of carboxylic acids is 1. The Hall–Kier alpha value is -2.43. The largest absolute Gasteiger partial charge is 0.477 e. The number of nitrogens with zero attached hydrogens (tertiary/aromatic N) is 2. The molecular weight excluding hydrogens is 319 g/mol. The van der Waals surface area contributed by atoms with Crippen molar-refractivity contribution >= 4 is 28.7 Å². The fourth-order valence-electron chi connectivity index (χ4n) is 2.49. The minimum absolute atomic E-state index is 0.318. The van der Waals surface area contributed by atoms with Crippen LogP contribution in [0, 0.1) is 12.4 Å². The first kappa shape index (κ1) is 15.5. The molecule has 7 heteroatoms. The van der Waals surface area contributed by atoms with Crippen molar-refractivity contribution in [2.24, 2.45) is 0 Å². The number of anilines is 1. The lowest BCUT2D eigenvalue weighted by Crippen LogP contribution is -2.36. The summed E-state index contributed by atoms with van der Waals surface area (Å²) in [6, 6.07) is 6.49. The summed E-state index contributed by atoms with van der Waals surface area (Å²) in [7, 11) is 0. The second-order valence-electron chi connectivity index (χ2n) is 5.01. The van der Waals surface area contributed by atoms with E-state index in [2.05, 4.69) is 9.74 Å². The maximum absolute atomic E-state index is 13.6. The van der Waals surface area contributed by atoms with Crippen molar-refractivity contribution in [1.82, 2.24) is 0 Å². The number of halogens is 1. The fourth-order valence-corrected chi connectivity index (χ4v) is 3.37. The van der Waals surface area contributed by atoms with Gasteiger partial charge in [0.1, 0.15) is 10.7 Å². The number of hydrogen-bond acceptors (Lipinski definition) is 4. The Bertz CT molecular complexity index is 791. The molecule has 0 spiro atoms. The zero-order valence-electron chi connectivity index (χ0n) is 12.1. The van der Waals surface area contributed by atoms with E-state index in [-0.39, 0.29) is 4.88 Å². The fraction of sp³-hybridized carbons (Fsp3) is 0.250. The number of aromatic carboxylic acids is 1. The average molecular weight is 332 g/mol. The molecule has 1 aliphatic rings. The van der Waals surface area contributed by atoms with Gasteiger partial charge in [-0.2, -0.15) is 0 Å². The van der Waals surface area contributed by atoms with Gasteiger partial charge in [-0.1, -0.05) is 6.07 Å². The molecule has 2 heterocycles. The SMILES string of the molecule is [C-]#[N+]c1cc(-c2cc(F)c(C(=O)O)s2)ccc1N1CCOCC1. The second kappa shape index (κ2) is 6.36. The molecule has 0 saturated carbocycles. The van der Waals surface area contributed by atoms with E-state index in [0.717, 1.165) is 30.1 Å². The smallest absolute Gasteiger partial charge is 0.348 e. The van der Waals surface area contributed by atoms with Crippen molar-refractivity contribution in [3.8, 4) is 10.4 Å². The molecular formula is C16H13FN2O3S. The first-order chi connectivity index (χ1) is 11.1. The lowest BCUT2D eigenvalue weighted by Gasteiger charge is -2.30. The summed E-state index contributed by atoms with van der Waals surface area (Å²) in [4.78, 5) is 16.8. The first-order valence-electron chi connectivity index (χ1n) is 6.97. The van der Waals surface area contributed by atoms with Crippen molar-refractivity contribution in [1.29, 1.82) is 0 Å². The number of morpholine rings is 1. The van der Waals surface area contributed by atoms with Gasteiger partial charge >= 0.3 is 5.97 Å². The third kappa shape index (κ3) is 3.04. The van der Waals surface area contributed by atoms with Crippen LogP contribution in [0.3, 0.4) is 0 Å². The van der Waals surface area contributed by atoms with Crippen LogP contribution in [-0.2, 0) is 4.74 Å². The van der Waals surface area contributed by atoms with E-state index in [1.807, 2.05) is 6.07 Å². The summed E-state index contributed by atoms with van der Waals surface area (Å²) in [5.74, 6) is -2.03. The van der Waals surface area contributed by atoms with Gasteiger partial charge in [0.25, 0.3) is 0 Å². The van der Waals surface area contributed by atoms with Crippen LogP contribution in [0.2, 0.25) is 0 Å². The van der Waals surface area contributed by atoms with Gasteiger partial charge in [0.2, 0.25) is 5.69 Å². The second-order valence-corrected chi connectivity index (χ2v) is 6.06. The Morgan fingerprint density at radius 3 is 2.70 bits per heavy atom. The maximum atomic E-state index is 13.6. The number of hydrogen-bond donors (Lipinski definition) is 1. The summed E-state index contributed by atoms with van der Waals surface area (Å²) in [6.45, 7) is 10.1. The molecule has 1 aromatic carbocycles. The van der Waals surface area contributed by atoms with Crippen LogP contribution in [0.15, 0.2) is 24.3 Å². The molecule has 5 nitrogen and oxygen atoms in total. The van der Waals surface area contributed by atoms with Crippen LogP contribution in [0.4, 0.5) is 15.8 Å². The van der Waals surface area contributed by atoms with Gasteiger partial charge in [-0.3, -0.25) is 0 Å². The molecule has 1 aromatic heterocycles. The van der Waals surface area contributed by atoms with Gasteiger partial charge in [-0.05, 0) is 23.8 Å². The molecule has 0 bridgehead atoms. The van der Waals surface area contributed by atoms with Crippen molar-refractivity contribution < 1.29 is 19.0 Å². The molecule has 0 aliphatic carbocycles. The van der Waals surface area contributed by atoms with Gasteiger partial charge in [-0.15, -0.1) is 11.3 Å². The number of carbonyl (C=O) groups is 1. The van der Waals surface area contributed by atoms with Crippen LogP contribution in [0.5, 0.6) is 0 Å². The van der Waals surface area contributed by atoms with Crippen LogP contribution in [-0.4, -0.2) is 37.4 Å². The number of carboxylic acid groups (broad SMARTS) is 1. The number of rotatable bonds is 3. The first-order valence-corrected chi connectivity index (χ1v) is 7.79. The topological polar surface area (TPSA) is 54.1 Å². The normalized spacial score (nSPS) is 14.5. The highest BCUT2D eigenvalue weighted by Crippen LogP contribution is 2.37. The van der Waals surface area contributed by atoms with Crippen molar-refractivity contribution in [2.45, 2.75) is 0 Å². The third-order valence-corrected chi connectivity index (χ3v) is 4.76. The molecule has 2 aromatic rings. The summed E-state index contributed by atoms with van der Waals surface area (Å²) >= 11 is 0.870. The molecule has 1 aliphatic heterocycles. The summed E-state index contributed by atoms with van der Waals surface area (Å²) < 4.78 is 19.0. The van der Waals surface area contributed by atoms with Crippen LogP contribution < -0.4 is 4.90 Å². The Balaban J connectivity index is 1.97. The predicted molar refractivity (Wildman–Crippen MR) is 86.0 cm³/mol. The minimum atomic E-state index is -1.28. The monoisotopic (exact) mass is 332 g/mol. The maximum Gasteiger partial charge on any atom is 0.348 e. The van der Waals surface area contributed by atoms with Crippen molar-refractivity contribution in [2.75, 3.05) is 31.2 Å². The van der Waals surface area contributed by atoms with Crippen molar-refractivity contribution in [3.63, 3.8) is 0 Å². The molecule has 1 saturated heterocycles. The van der Waals surface area contributed by atoms with Gasteiger partial charge in [-0.25, -0.2) is 14.0 Å². The number of thiophene rings is 1. The van der Waals surface area contributed by atoms with Gasteiger partial charge in [0.05, 0.1) is 19.8 Å². The van der Waals surface area contributed by atoms with Gasteiger partial charge < -0.3 is 14.7 Å². The Morgan fingerprint density at radius 2 is 2.09 bits per heavy atom. The van der Waals surface area contributed by atoms with E-state index >= 15 is 0 Å². The third-order valence-electron chi connectivity index (χ3n) is 3.61. The average Bonchev–Trinajstić information content (AvgIpc) is 2.97. The van der Waals surface area contributed by atoms with E-state index in [0.29, 0.717) is 29.3 Å². The molecule has 118 valence electrons. The highest BCUT2D eigenvalue weighted by molar-refractivity contribution is 7.17. The van der Waals surface area contributed by atoms with E-state index in [1.54, 1.807) is 12.1 Å². The van der Waals surface area contributed by atoms with Crippen LogP contribution >= 0.6 is 11.3 Å². The molecule has 0 amide bonds. The van der Waals surface area contributed by atoms with Gasteiger partial charge in [0, 0.05) is 23.7 Å². The molecule has 1 N–H and O–H groups in total. The van der Waals surface area contributed by atoms with E-state index in [4.69, 9.17) is 16.4 Å². The van der Waals surface area contributed by atoms with E-state index in [9.17, 15) is 9.18 Å². The lowest BCUT2D eigenvalue weighted by molar-refractivity contribution is 0.0697. The Labute approximate surface area is 136 Å². The summed E-state index contributed by atoms with van der Waals surface area (Å²) in [6.07, 6.45) is 0. The van der Waals surface area contributed by atoms with E-state index < -0.39 is 11.8 Å². The van der Waals surface area contributed by atoms with Crippen LogP contribution in [0.1, 0.15) is 9.67 Å². The highest BCUT2D eigenvalue weighted by atomic mass is 32.1. The van der Waals surface area contributed by atoms with E-state index in [1.165, 1.54) is 6.07 Å². The Morgan fingerprint density at radius 1 is 1.35 bits per heavy atom. The molecule has 0 radical (unpaired) electrons. The molecule has 3 rings (SSSR count). The Kier molecular flexibility index (Phi) is 4.28. The van der Waals surface area contributed by atoms with Crippen LogP contribution in [0.25, 0.3) is 15.3 Å². The van der Waals surface area contributed by atoms with Crippen molar-refractivity contribution in [3.05, 3.63) is 46.4 Å². The zero-order chi connectivity index (χ0) is 16.4. The summed E-state index contributed by atoms with van der Waals surface area (Å²) in [5.41, 5.74) is 1.93. The molecule has 0 atom stereocenters. The number of ether oxygens (including phenoxy) is 1. The highest BCUT2D eigenvalue weighted by Gasteiger charge is 2.19. The molecule has 0 unspecified atom stereocenters. The lowest BCUT2D eigenvalue weighted by atomic mass is 10.1. The standard InChI is InChI=1S/C16H13FN2O3S/c1-18-12-8-10(14-9-11(17)15(23-14)16(20)21)2-3-13(12)19-4-6-22-7-5-19/h2-3,8-9H,4-7H2,(H,20,21). The molecule has 23 heavy (non-hydrogen) atoms. The molecule has 1 fully saturated rings. The minimum Gasteiger partial charge on any atom is -0.477 e. The number of benzene rings is 1. The quantitative estimate of drug-likeness (QED) is 0.872. The predicted octanol–water partition coefficient (Wildman–Crippen LogP) is 3.64. The zero-order valence-corrected chi connectivity index (χ0v) is 12.9. The van der Waals surface area contributed by atoms with Gasteiger partial charge in [0.15, 0.2) is 0 Å². The summed E-state index contributed by atoms with van der Waals surface area (Å²) in [5, 5.41) is 8.94.